The van der Waals surface area contributed by atoms with Crippen molar-refractivity contribution in [3.05, 3.63) is 94.1 Å². The van der Waals surface area contributed by atoms with E-state index in [1.165, 1.54) is 35.4 Å². The SMILES string of the molecule is CC1(C)C2CC[C@]3(C)C(C=CC4=C5C[C@@](C)(COC(=O)c6ccccc6C(=O)O)CC[C@]5(C)CC[C@]43C)[C@@]2(C)CC[C@@H]1OC(=O)c1ccccc1C(=O)O. The van der Waals surface area contributed by atoms with E-state index in [0.29, 0.717) is 11.8 Å². The zero-order valence-corrected chi connectivity index (χ0v) is 32.9. The van der Waals surface area contributed by atoms with Crippen LogP contribution in [0.25, 0.3) is 0 Å². The van der Waals surface area contributed by atoms with E-state index in [0.717, 1.165) is 57.8 Å². The predicted octanol–water partition coefficient (Wildman–Crippen LogP) is 10.2. The van der Waals surface area contributed by atoms with Gasteiger partial charge >= 0.3 is 23.9 Å². The summed E-state index contributed by atoms with van der Waals surface area (Å²) in [7, 11) is 0. The molecule has 0 aromatic heterocycles. The smallest absolute Gasteiger partial charge is 0.339 e. The van der Waals surface area contributed by atoms with Gasteiger partial charge in [-0.1, -0.05) is 90.5 Å². The van der Waals surface area contributed by atoms with Gasteiger partial charge in [0.05, 0.1) is 28.9 Å². The Labute approximate surface area is 319 Å². The van der Waals surface area contributed by atoms with Crippen molar-refractivity contribution in [1.82, 2.24) is 0 Å². The summed E-state index contributed by atoms with van der Waals surface area (Å²) in [4.78, 5) is 50.3. The molecule has 0 aliphatic heterocycles. The molecule has 0 radical (unpaired) electrons. The molecule has 0 heterocycles. The van der Waals surface area contributed by atoms with E-state index in [2.05, 4.69) is 60.6 Å². The summed E-state index contributed by atoms with van der Waals surface area (Å²) in [5, 5.41) is 19.3. The third kappa shape index (κ3) is 5.76. The zero-order valence-electron chi connectivity index (χ0n) is 32.9. The Morgan fingerprint density at radius 3 is 1.89 bits per heavy atom. The monoisotopic (exact) mass is 736 g/mol. The molecule has 7 rings (SSSR count). The summed E-state index contributed by atoms with van der Waals surface area (Å²) in [5.41, 5.74) is 2.50. The molecule has 0 saturated heterocycles. The van der Waals surface area contributed by atoms with Crippen LogP contribution in [-0.2, 0) is 9.47 Å². The molecule has 8 atom stereocenters. The fraction of sp³-hybridized carbons (Fsp3) is 0.565. The number of hydrogen-bond acceptors (Lipinski definition) is 6. The first-order valence-corrected chi connectivity index (χ1v) is 19.7. The molecule has 3 saturated carbocycles. The molecule has 5 aliphatic rings. The summed E-state index contributed by atoms with van der Waals surface area (Å²) < 4.78 is 12.1. The van der Waals surface area contributed by atoms with Crippen LogP contribution in [0.1, 0.15) is 148 Å². The molecule has 8 nitrogen and oxygen atoms in total. The number of ether oxygens (including phenoxy) is 2. The summed E-state index contributed by atoms with van der Waals surface area (Å²) in [6, 6.07) is 12.5. The Hall–Kier alpha value is -4.20. The van der Waals surface area contributed by atoms with E-state index in [1.807, 2.05) is 0 Å². The highest BCUT2D eigenvalue weighted by Gasteiger charge is 2.67. The number of aromatic carboxylic acids is 2. The van der Waals surface area contributed by atoms with Gasteiger partial charge in [0.15, 0.2) is 0 Å². The van der Waals surface area contributed by atoms with E-state index < -0.39 is 23.9 Å². The highest BCUT2D eigenvalue weighted by molar-refractivity contribution is 6.03. The number of fused-ring (bicyclic) bond motifs is 6. The van der Waals surface area contributed by atoms with Gasteiger partial charge in [0.25, 0.3) is 0 Å². The number of hydrogen-bond donors (Lipinski definition) is 2. The molecule has 288 valence electrons. The number of esters is 2. The van der Waals surface area contributed by atoms with Crippen LogP contribution in [-0.4, -0.2) is 46.8 Å². The molecule has 0 bridgehead atoms. The van der Waals surface area contributed by atoms with E-state index in [-0.39, 0.29) is 67.5 Å². The topological polar surface area (TPSA) is 127 Å². The highest BCUT2D eigenvalue weighted by Crippen LogP contribution is 2.74. The van der Waals surface area contributed by atoms with Crippen LogP contribution in [0.3, 0.4) is 0 Å². The number of carboxylic acids is 2. The maximum atomic E-state index is 13.5. The van der Waals surface area contributed by atoms with Gasteiger partial charge in [0.2, 0.25) is 0 Å². The van der Waals surface area contributed by atoms with E-state index in [9.17, 15) is 29.4 Å². The first kappa shape index (κ1) is 38.1. The van der Waals surface area contributed by atoms with Gasteiger partial charge in [0, 0.05) is 10.8 Å². The molecule has 0 amide bonds. The second-order valence-corrected chi connectivity index (χ2v) is 19.2. The Kier molecular flexibility index (Phi) is 9.13. The van der Waals surface area contributed by atoms with E-state index in [1.54, 1.807) is 24.3 Å². The van der Waals surface area contributed by atoms with Crippen LogP contribution in [0.2, 0.25) is 0 Å². The van der Waals surface area contributed by atoms with Crippen molar-refractivity contribution >= 4 is 23.9 Å². The van der Waals surface area contributed by atoms with Gasteiger partial charge in [-0.25, -0.2) is 19.2 Å². The molecular weight excluding hydrogens is 680 g/mol. The van der Waals surface area contributed by atoms with Crippen molar-refractivity contribution in [3.8, 4) is 0 Å². The van der Waals surface area contributed by atoms with Gasteiger partial charge in [-0.3, -0.25) is 0 Å². The summed E-state index contributed by atoms with van der Waals surface area (Å²) in [6.07, 6.45) is 13.4. The third-order valence-corrected chi connectivity index (χ3v) is 15.8. The molecule has 3 fully saturated rings. The fourth-order valence-corrected chi connectivity index (χ4v) is 12.3. The second kappa shape index (κ2) is 12.9. The number of rotatable bonds is 7. The Morgan fingerprint density at radius 1 is 0.704 bits per heavy atom. The van der Waals surface area contributed by atoms with Crippen LogP contribution < -0.4 is 0 Å². The maximum absolute atomic E-state index is 13.5. The lowest BCUT2D eigenvalue weighted by atomic mass is 9.35. The molecule has 5 aliphatic carbocycles. The fourth-order valence-electron chi connectivity index (χ4n) is 12.3. The van der Waals surface area contributed by atoms with E-state index >= 15 is 0 Å². The van der Waals surface area contributed by atoms with Crippen LogP contribution in [0.15, 0.2) is 71.8 Å². The Balaban J connectivity index is 1.15. The molecule has 2 aromatic carbocycles. The number of benzene rings is 2. The van der Waals surface area contributed by atoms with Gasteiger partial charge in [-0.05, 0) is 121 Å². The standard InChI is InChI=1S/C46H56O8/c1-41(2)34-18-21-46(7)35(44(34,5)20-19-36(41)54-40(52)31-15-11-9-13-29(31)38(49)50)17-16-32-33-26-42(3,22-23-43(33,4)24-25-45(32,46)6)27-53-39(51)30-14-10-8-12-28(30)37(47)48/h8-17,34-36H,18-27H2,1-7H3,(H,47,48)(H,49,50)/t34?,35?,36-,42-,43+,44-,45+,46+/m0/s1. The first-order chi connectivity index (χ1) is 25.3. The highest BCUT2D eigenvalue weighted by atomic mass is 16.5. The number of carboxylic acid groups (broad SMARTS) is 2. The molecule has 2 N–H and O–H groups in total. The second-order valence-electron chi connectivity index (χ2n) is 19.2. The van der Waals surface area contributed by atoms with Gasteiger partial charge in [0.1, 0.15) is 6.10 Å². The molecule has 0 spiro atoms. The van der Waals surface area contributed by atoms with Crippen molar-refractivity contribution in [2.45, 2.75) is 112 Å². The van der Waals surface area contributed by atoms with Crippen molar-refractivity contribution < 1.29 is 38.9 Å². The normalized spacial score (nSPS) is 36.5. The van der Waals surface area contributed by atoms with Gasteiger partial charge in [-0.2, -0.15) is 0 Å². The van der Waals surface area contributed by atoms with E-state index in [4.69, 9.17) is 9.47 Å². The minimum Gasteiger partial charge on any atom is -0.478 e. The Bertz CT molecular complexity index is 1970. The third-order valence-electron chi connectivity index (χ3n) is 15.8. The summed E-state index contributed by atoms with van der Waals surface area (Å²) in [6.45, 7) is 16.8. The maximum Gasteiger partial charge on any atom is 0.339 e. The summed E-state index contributed by atoms with van der Waals surface area (Å²) in [5.74, 6) is -2.81. The van der Waals surface area contributed by atoms with Gasteiger partial charge in [-0.15, -0.1) is 0 Å². The molecule has 54 heavy (non-hydrogen) atoms. The van der Waals surface area contributed by atoms with Crippen LogP contribution in [0.5, 0.6) is 0 Å². The van der Waals surface area contributed by atoms with Crippen LogP contribution in [0, 0.1) is 44.3 Å². The average molecular weight is 737 g/mol. The Morgan fingerprint density at radius 2 is 1.28 bits per heavy atom. The zero-order chi connectivity index (χ0) is 39.1. The van der Waals surface area contributed by atoms with Gasteiger partial charge < -0.3 is 19.7 Å². The molecular formula is C46H56O8. The largest absolute Gasteiger partial charge is 0.478 e. The lowest BCUT2D eigenvalue weighted by molar-refractivity contribution is -0.183. The molecule has 2 aromatic rings. The van der Waals surface area contributed by atoms with Crippen molar-refractivity contribution in [3.63, 3.8) is 0 Å². The molecule has 2 unspecified atom stereocenters. The minimum absolute atomic E-state index is 0.0114. The minimum atomic E-state index is -1.14. The number of allylic oxidation sites excluding steroid dienone is 4. The number of carbonyl (C=O) groups excluding carboxylic acids is 2. The average Bonchev–Trinajstić information content (AvgIpc) is 3.13. The van der Waals surface area contributed by atoms with Crippen LogP contribution in [0.4, 0.5) is 0 Å². The lowest BCUT2D eigenvalue weighted by Gasteiger charge is -2.69. The summed E-state index contributed by atoms with van der Waals surface area (Å²) >= 11 is 0. The lowest BCUT2D eigenvalue weighted by Crippen LogP contribution is -2.63. The van der Waals surface area contributed by atoms with Crippen molar-refractivity contribution in [1.29, 1.82) is 0 Å². The predicted molar refractivity (Wildman–Crippen MR) is 205 cm³/mol. The molecule has 8 heteroatoms. The van der Waals surface area contributed by atoms with Crippen LogP contribution >= 0.6 is 0 Å². The first-order valence-electron chi connectivity index (χ1n) is 19.7. The van der Waals surface area contributed by atoms with Crippen molar-refractivity contribution in [2.75, 3.05) is 6.61 Å². The number of carbonyl (C=O) groups is 4. The van der Waals surface area contributed by atoms with Crippen molar-refractivity contribution in [2.24, 2.45) is 44.3 Å². The quantitative estimate of drug-likeness (QED) is 0.269.